The normalized spacial score (nSPS) is 12.7. The molecule has 112 valence electrons. The van der Waals surface area contributed by atoms with E-state index in [2.05, 4.69) is 5.32 Å². The zero-order valence-corrected chi connectivity index (χ0v) is 12.4. The maximum absolute atomic E-state index is 13.8. The number of rotatable bonds is 8. The van der Waals surface area contributed by atoms with E-state index in [0.29, 0.717) is 31.0 Å². The molecule has 0 heterocycles. The lowest BCUT2D eigenvalue weighted by Crippen LogP contribution is -2.29. The van der Waals surface area contributed by atoms with Gasteiger partial charge in [0.25, 0.3) is 0 Å². The molecule has 0 aliphatic heterocycles. The molecule has 0 radical (unpaired) electrons. The molecule has 1 aromatic carbocycles. The van der Waals surface area contributed by atoms with E-state index in [1.54, 1.807) is 6.07 Å². The summed E-state index contributed by atoms with van der Waals surface area (Å²) in [6.07, 6.45) is 1.39. The summed E-state index contributed by atoms with van der Waals surface area (Å²) in [5.74, 6) is -1.12. The predicted octanol–water partition coefficient (Wildman–Crippen LogP) is 3.22. The van der Waals surface area contributed by atoms with Crippen LogP contribution in [0.5, 0.6) is 0 Å². The van der Waals surface area contributed by atoms with Gasteiger partial charge in [0.1, 0.15) is 5.82 Å². The average Bonchev–Trinajstić information content (AvgIpc) is 2.38. The molecule has 3 nitrogen and oxygen atoms in total. The Kier molecular flexibility index (Phi) is 6.65. The van der Waals surface area contributed by atoms with Gasteiger partial charge in [-0.25, -0.2) is 4.39 Å². The smallest absolute Gasteiger partial charge is 0.307 e. The van der Waals surface area contributed by atoms with Crippen molar-refractivity contribution in [2.24, 2.45) is 11.8 Å². The van der Waals surface area contributed by atoms with Gasteiger partial charge in [0.05, 0.1) is 5.92 Å². The van der Waals surface area contributed by atoms with Crippen molar-refractivity contribution in [2.75, 3.05) is 6.54 Å². The zero-order valence-electron chi connectivity index (χ0n) is 12.4. The first kappa shape index (κ1) is 16.6. The largest absolute Gasteiger partial charge is 0.481 e. The minimum absolute atomic E-state index is 0.229. The quantitative estimate of drug-likeness (QED) is 0.769. The zero-order chi connectivity index (χ0) is 15.1. The van der Waals surface area contributed by atoms with Crippen LogP contribution in [0, 0.1) is 17.7 Å². The number of benzene rings is 1. The summed E-state index contributed by atoms with van der Waals surface area (Å²) in [4.78, 5) is 11.2. The van der Waals surface area contributed by atoms with E-state index in [4.69, 9.17) is 5.11 Å². The summed E-state index contributed by atoms with van der Waals surface area (Å²) in [6, 6.07) is 5.05. The minimum atomic E-state index is -0.796. The van der Waals surface area contributed by atoms with E-state index in [1.807, 2.05) is 26.8 Å². The second-order valence-corrected chi connectivity index (χ2v) is 5.53. The fraction of sp³-hybridized carbons (Fsp3) is 0.562. The van der Waals surface area contributed by atoms with E-state index < -0.39 is 11.9 Å². The van der Waals surface area contributed by atoms with E-state index in [1.165, 1.54) is 6.07 Å². The number of carbonyl (C=O) groups is 1. The molecule has 2 N–H and O–H groups in total. The fourth-order valence-electron chi connectivity index (χ4n) is 2.34. The number of carboxylic acid groups (broad SMARTS) is 1. The molecular formula is C16H24FNO2. The maximum Gasteiger partial charge on any atom is 0.307 e. The SMILES string of the molecule is CCc1cccc(F)c1CNCC(CC(C)C)C(=O)O. The first-order valence-corrected chi connectivity index (χ1v) is 7.15. The predicted molar refractivity (Wildman–Crippen MR) is 78.1 cm³/mol. The average molecular weight is 281 g/mol. The number of hydrogen-bond acceptors (Lipinski definition) is 2. The van der Waals surface area contributed by atoms with Crippen molar-refractivity contribution in [2.45, 2.75) is 40.2 Å². The monoisotopic (exact) mass is 281 g/mol. The summed E-state index contributed by atoms with van der Waals surface area (Å²) in [6.45, 7) is 6.73. The molecule has 0 aromatic heterocycles. The highest BCUT2D eigenvalue weighted by atomic mass is 19.1. The highest BCUT2D eigenvalue weighted by Crippen LogP contribution is 2.15. The Hall–Kier alpha value is -1.42. The Balaban J connectivity index is 2.61. The molecule has 0 spiro atoms. The summed E-state index contributed by atoms with van der Waals surface area (Å²) < 4.78 is 13.8. The van der Waals surface area contributed by atoms with Gasteiger partial charge in [0.2, 0.25) is 0 Å². The second kappa shape index (κ2) is 8.00. The van der Waals surface area contributed by atoms with Gasteiger partial charge in [0.15, 0.2) is 0 Å². The molecule has 1 unspecified atom stereocenters. The van der Waals surface area contributed by atoms with Crippen molar-refractivity contribution in [1.82, 2.24) is 5.32 Å². The minimum Gasteiger partial charge on any atom is -0.481 e. The van der Waals surface area contributed by atoms with Gasteiger partial charge >= 0.3 is 5.97 Å². The first-order chi connectivity index (χ1) is 9.45. The first-order valence-electron chi connectivity index (χ1n) is 7.15. The van der Waals surface area contributed by atoms with Crippen LogP contribution in [0.2, 0.25) is 0 Å². The van der Waals surface area contributed by atoms with E-state index in [0.717, 1.165) is 12.0 Å². The number of nitrogens with one attached hydrogen (secondary N) is 1. The van der Waals surface area contributed by atoms with Crippen LogP contribution in [-0.2, 0) is 17.8 Å². The van der Waals surface area contributed by atoms with Crippen molar-refractivity contribution in [3.05, 3.63) is 35.1 Å². The van der Waals surface area contributed by atoms with Gasteiger partial charge in [-0.15, -0.1) is 0 Å². The van der Waals surface area contributed by atoms with Gasteiger partial charge in [0, 0.05) is 18.7 Å². The summed E-state index contributed by atoms with van der Waals surface area (Å²) in [5, 5.41) is 12.2. The van der Waals surface area contributed by atoms with Gasteiger partial charge in [-0.1, -0.05) is 32.9 Å². The van der Waals surface area contributed by atoms with Crippen LogP contribution < -0.4 is 5.32 Å². The Morgan fingerprint density at radius 3 is 2.65 bits per heavy atom. The van der Waals surface area contributed by atoms with Gasteiger partial charge < -0.3 is 10.4 Å². The third-order valence-corrected chi connectivity index (χ3v) is 3.39. The van der Waals surface area contributed by atoms with Crippen molar-refractivity contribution < 1.29 is 14.3 Å². The molecule has 0 fully saturated rings. The van der Waals surface area contributed by atoms with Crippen LogP contribution in [-0.4, -0.2) is 17.6 Å². The highest BCUT2D eigenvalue weighted by molar-refractivity contribution is 5.70. The van der Waals surface area contributed by atoms with Gasteiger partial charge in [-0.2, -0.15) is 0 Å². The topological polar surface area (TPSA) is 49.3 Å². The van der Waals surface area contributed by atoms with Crippen LogP contribution >= 0.6 is 0 Å². The molecule has 1 rings (SSSR count). The molecule has 0 amide bonds. The van der Waals surface area contributed by atoms with Gasteiger partial charge in [-0.05, 0) is 30.4 Å². The summed E-state index contributed by atoms with van der Waals surface area (Å²) in [7, 11) is 0. The van der Waals surface area contributed by atoms with Crippen LogP contribution in [0.4, 0.5) is 4.39 Å². The fourth-order valence-corrected chi connectivity index (χ4v) is 2.34. The van der Waals surface area contributed by atoms with Crippen molar-refractivity contribution in [1.29, 1.82) is 0 Å². The Bertz CT molecular complexity index is 446. The molecule has 0 saturated carbocycles. The van der Waals surface area contributed by atoms with Crippen molar-refractivity contribution >= 4 is 5.97 Å². The van der Waals surface area contributed by atoms with Crippen LogP contribution in [0.3, 0.4) is 0 Å². The number of aryl methyl sites for hydroxylation is 1. The molecular weight excluding hydrogens is 257 g/mol. The van der Waals surface area contributed by atoms with E-state index in [-0.39, 0.29) is 5.82 Å². The Morgan fingerprint density at radius 1 is 1.40 bits per heavy atom. The molecule has 0 saturated heterocycles. The molecule has 1 atom stereocenters. The molecule has 0 aliphatic carbocycles. The molecule has 0 bridgehead atoms. The van der Waals surface area contributed by atoms with E-state index in [9.17, 15) is 9.18 Å². The lowest BCUT2D eigenvalue weighted by Gasteiger charge is -2.16. The second-order valence-electron chi connectivity index (χ2n) is 5.53. The Labute approximate surface area is 120 Å². The van der Waals surface area contributed by atoms with Crippen LogP contribution in [0.15, 0.2) is 18.2 Å². The molecule has 4 heteroatoms. The van der Waals surface area contributed by atoms with Crippen molar-refractivity contribution in [3.63, 3.8) is 0 Å². The maximum atomic E-state index is 13.8. The van der Waals surface area contributed by atoms with Crippen LogP contribution in [0.1, 0.15) is 38.3 Å². The number of aliphatic carboxylic acids is 1. The number of carboxylic acids is 1. The van der Waals surface area contributed by atoms with Crippen LogP contribution in [0.25, 0.3) is 0 Å². The van der Waals surface area contributed by atoms with Gasteiger partial charge in [-0.3, -0.25) is 4.79 Å². The summed E-state index contributed by atoms with van der Waals surface area (Å²) in [5.41, 5.74) is 1.61. The molecule has 20 heavy (non-hydrogen) atoms. The Morgan fingerprint density at radius 2 is 2.10 bits per heavy atom. The third kappa shape index (κ3) is 4.93. The van der Waals surface area contributed by atoms with E-state index >= 15 is 0 Å². The highest BCUT2D eigenvalue weighted by Gasteiger charge is 2.18. The third-order valence-electron chi connectivity index (χ3n) is 3.39. The number of hydrogen-bond donors (Lipinski definition) is 2. The molecule has 1 aromatic rings. The standard InChI is InChI=1S/C16H24FNO2/c1-4-12-6-5-7-15(17)14(12)10-18-9-13(16(19)20)8-11(2)3/h5-7,11,13,18H,4,8-10H2,1-3H3,(H,19,20). The number of halogens is 1. The lowest BCUT2D eigenvalue weighted by atomic mass is 9.97. The van der Waals surface area contributed by atoms with Crippen molar-refractivity contribution in [3.8, 4) is 0 Å². The lowest BCUT2D eigenvalue weighted by molar-refractivity contribution is -0.142. The summed E-state index contributed by atoms with van der Waals surface area (Å²) >= 11 is 0. The molecule has 0 aliphatic rings.